The number of hydrogen-bond acceptors (Lipinski definition) is 5. The lowest BCUT2D eigenvalue weighted by atomic mass is 10.1. The summed E-state index contributed by atoms with van der Waals surface area (Å²) in [5.41, 5.74) is 2.51. The van der Waals surface area contributed by atoms with Gasteiger partial charge < -0.3 is 14.6 Å². The SMILES string of the molecule is Cc1ccc(N2C[C@@H](C)Cn3c2nc2c3c(=O)n(CC(=O)O)c(=O)n2C)cc1C. The van der Waals surface area contributed by atoms with Crippen LogP contribution in [0, 0.1) is 19.8 Å². The van der Waals surface area contributed by atoms with Crippen LogP contribution in [0.1, 0.15) is 18.1 Å². The van der Waals surface area contributed by atoms with Gasteiger partial charge in [-0.25, -0.2) is 9.36 Å². The summed E-state index contributed by atoms with van der Waals surface area (Å²) in [4.78, 5) is 43.4. The van der Waals surface area contributed by atoms with Crippen molar-refractivity contribution in [1.82, 2.24) is 18.7 Å². The van der Waals surface area contributed by atoms with E-state index < -0.39 is 23.8 Å². The molecule has 0 fully saturated rings. The summed E-state index contributed by atoms with van der Waals surface area (Å²) in [6.07, 6.45) is 0. The minimum Gasteiger partial charge on any atom is -0.480 e. The van der Waals surface area contributed by atoms with Crippen LogP contribution >= 0.6 is 0 Å². The van der Waals surface area contributed by atoms with Gasteiger partial charge >= 0.3 is 11.7 Å². The number of aromatic nitrogens is 4. The van der Waals surface area contributed by atoms with E-state index in [1.807, 2.05) is 30.9 Å². The average Bonchev–Trinajstić information content (AvgIpc) is 3.04. The quantitative estimate of drug-likeness (QED) is 0.716. The molecule has 0 unspecified atom stereocenters. The zero-order chi connectivity index (χ0) is 21.0. The molecular weight excluding hydrogens is 374 g/mol. The number of fused-ring (bicyclic) bond motifs is 3. The van der Waals surface area contributed by atoms with Crippen molar-refractivity contribution < 1.29 is 9.90 Å². The van der Waals surface area contributed by atoms with Gasteiger partial charge in [0, 0.05) is 25.8 Å². The number of anilines is 2. The molecule has 152 valence electrons. The maximum atomic E-state index is 13.0. The monoisotopic (exact) mass is 397 g/mol. The highest BCUT2D eigenvalue weighted by molar-refractivity contribution is 5.77. The van der Waals surface area contributed by atoms with E-state index in [1.54, 1.807) is 4.57 Å². The largest absolute Gasteiger partial charge is 0.480 e. The van der Waals surface area contributed by atoms with E-state index in [-0.39, 0.29) is 17.1 Å². The zero-order valence-electron chi connectivity index (χ0n) is 16.8. The van der Waals surface area contributed by atoms with Crippen molar-refractivity contribution >= 4 is 28.8 Å². The fourth-order valence-corrected chi connectivity index (χ4v) is 3.89. The van der Waals surface area contributed by atoms with Gasteiger partial charge in [0.05, 0.1) is 0 Å². The predicted octanol–water partition coefficient (Wildman–Crippen LogP) is 1.39. The molecule has 29 heavy (non-hydrogen) atoms. The number of aryl methyl sites for hydroxylation is 3. The zero-order valence-corrected chi connectivity index (χ0v) is 16.8. The summed E-state index contributed by atoms with van der Waals surface area (Å²) in [6, 6.07) is 6.15. The smallest absolute Gasteiger partial charge is 0.333 e. The lowest BCUT2D eigenvalue weighted by Crippen LogP contribution is -2.41. The van der Waals surface area contributed by atoms with Gasteiger partial charge in [0.15, 0.2) is 11.2 Å². The van der Waals surface area contributed by atoms with Gasteiger partial charge in [0.25, 0.3) is 5.56 Å². The molecule has 1 N–H and O–H groups in total. The highest BCUT2D eigenvalue weighted by Crippen LogP contribution is 2.33. The number of hydrogen-bond donors (Lipinski definition) is 1. The third-order valence-electron chi connectivity index (χ3n) is 5.54. The molecule has 9 nitrogen and oxygen atoms in total. The average molecular weight is 397 g/mol. The number of nitrogens with zero attached hydrogens (tertiary/aromatic N) is 5. The Balaban J connectivity index is 2.00. The van der Waals surface area contributed by atoms with Crippen LogP contribution in [0.25, 0.3) is 11.2 Å². The number of carbonyl (C=O) groups is 1. The van der Waals surface area contributed by atoms with E-state index in [9.17, 15) is 14.4 Å². The van der Waals surface area contributed by atoms with Crippen LogP contribution in [0.4, 0.5) is 11.6 Å². The van der Waals surface area contributed by atoms with Gasteiger partial charge in [0.1, 0.15) is 6.54 Å². The second-order valence-electron chi connectivity index (χ2n) is 7.81. The molecule has 1 aromatic carbocycles. The maximum absolute atomic E-state index is 13.0. The van der Waals surface area contributed by atoms with Crippen LogP contribution < -0.4 is 16.1 Å². The Morgan fingerprint density at radius 1 is 1.21 bits per heavy atom. The van der Waals surface area contributed by atoms with Crippen LogP contribution in [0.15, 0.2) is 27.8 Å². The van der Waals surface area contributed by atoms with E-state index in [0.29, 0.717) is 12.5 Å². The molecule has 0 aliphatic carbocycles. The van der Waals surface area contributed by atoms with Crippen LogP contribution in [0.2, 0.25) is 0 Å². The van der Waals surface area contributed by atoms with Crippen LogP contribution in [-0.4, -0.2) is 36.3 Å². The van der Waals surface area contributed by atoms with Gasteiger partial charge in [-0.3, -0.25) is 14.2 Å². The summed E-state index contributed by atoms with van der Waals surface area (Å²) in [7, 11) is 1.51. The second kappa shape index (κ2) is 6.61. The van der Waals surface area contributed by atoms with Gasteiger partial charge in [-0.15, -0.1) is 0 Å². The number of carboxylic acids is 1. The summed E-state index contributed by atoms with van der Waals surface area (Å²) in [5, 5.41) is 9.11. The Bertz CT molecular complexity index is 1270. The number of carboxylic acid groups (broad SMARTS) is 1. The molecule has 0 spiro atoms. The number of imidazole rings is 1. The standard InChI is InChI=1S/C20H23N5O4/c1-11-8-23(14-6-5-12(2)13(3)7-14)19-21-17-16(24(19)9-11)18(28)25(10-15(26)27)20(29)22(17)4/h5-7,11H,8-10H2,1-4H3,(H,26,27)/t11-/m1/s1. The number of benzene rings is 1. The molecule has 9 heteroatoms. The van der Waals surface area contributed by atoms with Crippen molar-refractivity contribution in [2.24, 2.45) is 13.0 Å². The minimum atomic E-state index is -1.24. The third kappa shape index (κ3) is 2.93. The number of rotatable bonds is 3. The van der Waals surface area contributed by atoms with Crippen molar-refractivity contribution in [2.75, 3.05) is 11.4 Å². The first-order valence-corrected chi connectivity index (χ1v) is 9.45. The molecule has 0 radical (unpaired) electrons. The highest BCUT2D eigenvalue weighted by Gasteiger charge is 2.30. The predicted molar refractivity (Wildman–Crippen MR) is 109 cm³/mol. The van der Waals surface area contributed by atoms with E-state index in [1.165, 1.54) is 17.2 Å². The molecular formula is C20H23N5O4. The Morgan fingerprint density at radius 3 is 2.59 bits per heavy atom. The fourth-order valence-electron chi connectivity index (χ4n) is 3.89. The van der Waals surface area contributed by atoms with Crippen molar-refractivity contribution in [1.29, 1.82) is 0 Å². The molecule has 0 bridgehead atoms. The Hall–Kier alpha value is -3.36. The molecule has 0 amide bonds. The molecule has 3 heterocycles. The van der Waals surface area contributed by atoms with Gasteiger partial charge in [-0.2, -0.15) is 4.98 Å². The molecule has 0 saturated heterocycles. The third-order valence-corrected chi connectivity index (χ3v) is 5.54. The lowest BCUT2D eigenvalue weighted by molar-refractivity contribution is -0.137. The highest BCUT2D eigenvalue weighted by atomic mass is 16.4. The van der Waals surface area contributed by atoms with Gasteiger partial charge in [-0.05, 0) is 43.0 Å². The summed E-state index contributed by atoms with van der Waals surface area (Å²) >= 11 is 0. The summed E-state index contributed by atoms with van der Waals surface area (Å²) in [6.45, 7) is 6.78. The summed E-state index contributed by atoms with van der Waals surface area (Å²) in [5.74, 6) is -0.431. The molecule has 3 aromatic rings. The molecule has 1 aliphatic heterocycles. The first-order valence-electron chi connectivity index (χ1n) is 9.45. The second-order valence-corrected chi connectivity index (χ2v) is 7.81. The van der Waals surface area contributed by atoms with Crippen LogP contribution in [0.5, 0.6) is 0 Å². The van der Waals surface area contributed by atoms with Crippen molar-refractivity contribution in [3.63, 3.8) is 0 Å². The number of aliphatic carboxylic acids is 1. The van der Waals surface area contributed by atoms with Crippen molar-refractivity contribution in [2.45, 2.75) is 33.9 Å². The van der Waals surface area contributed by atoms with Crippen LogP contribution in [-0.2, 0) is 24.9 Å². The Kier molecular flexibility index (Phi) is 4.33. The van der Waals surface area contributed by atoms with E-state index in [4.69, 9.17) is 5.11 Å². The van der Waals surface area contributed by atoms with Crippen molar-refractivity contribution in [3.05, 3.63) is 50.2 Å². The fraction of sp³-hybridized carbons (Fsp3) is 0.400. The van der Waals surface area contributed by atoms with Gasteiger partial charge in [-0.1, -0.05) is 13.0 Å². The maximum Gasteiger partial charge on any atom is 0.333 e. The molecule has 0 saturated carbocycles. The molecule has 1 aliphatic rings. The van der Waals surface area contributed by atoms with E-state index in [2.05, 4.69) is 18.0 Å². The normalized spacial score (nSPS) is 16.3. The minimum absolute atomic E-state index is 0.228. The molecule has 2 aromatic heterocycles. The van der Waals surface area contributed by atoms with Crippen molar-refractivity contribution in [3.8, 4) is 0 Å². The van der Waals surface area contributed by atoms with Gasteiger partial charge in [0.2, 0.25) is 5.95 Å². The topological polar surface area (TPSA) is 102 Å². The lowest BCUT2D eigenvalue weighted by Gasteiger charge is -2.33. The van der Waals surface area contributed by atoms with E-state index >= 15 is 0 Å². The molecule has 4 rings (SSSR count). The Labute approximate surface area is 166 Å². The van der Waals surface area contributed by atoms with E-state index in [0.717, 1.165) is 22.4 Å². The van der Waals surface area contributed by atoms with Crippen LogP contribution in [0.3, 0.4) is 0 Å². The summed E-state index contributed by atoms with van der Waals surface area (Å²) < 4.78 is 3.80. The first-order chi connectivity index (χ1) is 13.7. The Morgan fingerprint density at radius 2 is 1.93 bits per heavy atom. The first kappa shape index (κ1) is 19.0. The molecule has 1 atom stereocenters.